The Morgan fingerprint density at radius 2 is 1.96 bits per heavy atom. The van der Waals surface area contributed by atoms with Crippen LogP contribution in [0.5, 0.6) is 5.75 Å². The molecule has 1 saturated heterocycles. The maximum absolute atomic E-state index is 11.8. The van der Waals surface area contributed by atoms with Crippen molar-refractivity contribution < 1.29 is 19.9 Å². The van der Waals surface area contributed by atoms with Crippen molar-refractivity contribution in [3.05, 3.63) is 65.7 Å². The van der Waals surface area contributed by atoms with Crippen LogP contribution in [0.2, 0.25) is 0 Å². The van der Waals surface area contributed by atoms with Gasteiger partial charge in [0, 0.05) is 17.8 Å². The first-order chi connectivity index (χ1) is 12.9. The van der Waals surface area contributed by atoms with Crippen LogP contribution in [0.3, 0.4) is 0 Å². The van der Waals surface area contributed by atoms with Gasteiger partial charge in [0.25, 0.3) is 0 Å². The van der Waals surface area contributed by atoms with Crippen LogP contribution in [0.1, 0.15) is 31.4 Å². The van der Waals surface area contributed by atoms with E-state index in [0.717, 1.165) is 25.1 Å². The van der Waals surface area contributed by atoms with Gasteiger partial charge in [-0.25, -0.2) is 0 Å². The zero-order chi connectivity index (χ0) is 19.4. The molecule has 4 atom stereocenters. The summed E-state index contributed by atoms with van der Waals surface area (Å²) >= 11 is 0. The normalized spacial score (nSPS) is 26.4. The van der Waals surface area contributed by atoms with Gasteiger partial charge in [-0.15, -0.1) is 0 Å². The molecule has 1 aliphatic heterocycles. The first kappa shape index (κ1) is 19.4. The molecule has 0 spiro atoms. The Morgan fingerprint density at radius 1 is 1.22 bits per heavy atom. The monoisotopic (exact) mass is 368 g/mol. The SMILES string of the molecule is C[C@H]1C[NH+](CC(Cc2ccccc2)C(=O)O)CC[C@@]1(C)c1cccc(O)c1. The number of phenols is 1. The number of rotatable bonds is 6. The molecule has 3 N–H and O–H groups in total. The largest absolute Gasteiger partial charge is 0.508 e. The quantitative estimate of drug-likeness (QED) is 0.734. The average Bonchev–Trinajstić information content (AvgIpc) is 2.65. The minimum atomic E-state index is -0.708. The number of phenolic OH excluding ortho intramolecular Hbond substituents is 1. The molecule has 144 valence electrons. The van der Waals surface area contributed by atoms with Gasteiger partial charge in [0.1, 0.15) is 11.7 Å². The molecule has 0 aliphatic carbocycles. The predicted octanol–water partition coefficient (Wildman–Crippen LogP) is 2.52. The number of carbonyl (C=O) groups is 1. The van der Waals surface area contributed by atoms with E-state index in [-0.39, 0.29) is 11.3 Å². The summed E-state index contributed by atoms with van der Waals surface area (Å²) in [6, 6.07) is 17.5. The zero-order valence-electron chi connectivity index (χ0n) is 16.2. The van der Waals surface area contributed by atoms with Gasteiger partial charge >= 0.3 is 5.97 Å². The number of nitrogens with one attached hydrogen (secondary N) is 1. The summed E-state index contributed by atoms with van der Waals surface area (Å²) in [6.07, 6.45) is 1.57. The Balaban J connectivity index is 1.67. The predicted molar refractivity (Wildman–Crippen MR) is 106 cm³/mol. The lowest BCUT2D eigenvalue weighted by atomic mass is 9.68. The van der Waals surface area contributed by atoms with Crippen molar-refractivity contribution in [3.63, 3.8) is 0 Å². The van der Waals surface area contributed by atoms with Crippen molar-refractivity contribution >= 4 is 5.97 Å². The Kier molecular flexibility index (Phi) is 5.85. The van der Waals surface area contributed by atoms with Crippen LogP contribution in [0.4, 0.5) is 0 Å². The molecule has 2 unspecified atom stereocenters. The van der Waals surface area contributed by atoms with Crippen LogP contribution in [-0.2, 0) is 16.6 Å². The summed E-state index contributed by atoms with van der Waals surface area (Å²) in [5.74, 6) is -0.348. The molecule has 27 heavy (non-hydrogen) atoms. The molecule has 4 nitrogen and oxygen atoms in total. The van der Waals surface area contributed by atoms with E-state index >= 15 is 0 Å². The number of carboxylic acids is 1. The third-order valence-electron chi connectivity index (χ3n) is 6.40. The van der Waals surface area contributed by atoms with Gasteiger partial charge in [-0.3, -0.25) is 4.79 Å². The van der Waals surface area contributed by atoms with Crippen molar-refractivity contribution in [2.24, 2.45) is 11.8 Å². The van der Waals surface area contributed by atoms with Crippen molar-refractivity contribution in [2.45, 2.75) is 32.1 Å². The Morgan fingerprint density at radius 3 is 2.59 bits per heavy atom. The summed E-state index contributed by atoms with van der Waals surface area (Å²) in [5, 5.41) is 19.5. The number of carboxylic acid groups (broad SMARTS) is 1. The molecule has 1 aliphatic rings. The first-order valence-electron chi connectivity index (χ1n) is 9.78. The summed E-state index contributed by atoms with van der Waals surface area (Å²) in [4.78, 5) is 13.2. The average molecular weight is 368 g/mol. The van der Waals surface area contributed by atoms with Crippen LogP contribution >= 0.6 is 0 Å². The number of piperidine rings is 1. The van der Waals surface area contributed by atoms with Crippen LogP contribution in [-0.4, -0.2) is 35.8 Å². The number of aliphatic carboxylic acids is 1. The smallest absolute Gasteiger partial charge is 0.312 e. The molecule has 2 aromatic rings. The minimum Gasteiger partial charge on any atom is -0.508 e. The topological polar surface area (TPSA) is 62.0 Å². The fraction of sp³-hybridized carbons (Fsp3) is 0.435. The molecular weight excluding hydrogens is 338 g/mol. The van der Waals surface area contributed by atoms with Crippen LogP contribution in [0, 0.1) is 11.8 Å². The molecule has 0 bridgehead atoms. The highest BCUT2D eigenvalue weighted by Crippen LogP contribution is 2.37. The van der Waals surface area contributed by atoms with Crippen LogP contribution in [0.25, 0.3) is 0 Å². The molecule has 4 heteroatoms. The van der Waals surface area contributed by atoms with Gasteiger partial charge in [-0.05, 0) is 29.7 Å². The Bertz CT molecular complexity index is 776. The maximum atomic E-state index is 11.8. The molecule has 0 radical (unpaired) electrons. The number of likely N-dealkylation sites (tertiary alicyclic amines) is 1. The van der Waals surface area contributed by atoms with Gasteiger partial charge in [-0.2, -0.15) is 0 Å². The number of hydrogen-bond acceptors (Lipinski definition) is 2. The molecule has 0 aromatic heterocycles. The number of quaternary nitrogens is 1. The molecule has 1 heterocycles. The first-order valence-corrected chi connectivity index (χ1v) is 9.78. The van der Waals surface area contributed by atoms with Crippen molar-refractivity contribution in [3.8, 4) is 5.75 Å². The standard InChI is InChI=1S/C23H29NO3/c1-17-15-24(12-11-23(17,2)20-9-6-10-21(25)14-20)16-19(22(26)27)13-18-7-4-3-5-8-18/h3-10,14,17,19,25H,11-13,15-16H2,1-2H3,(H,26,27)/p+1/t17-,19?,23+/m0/s1. The molecule has 1 fully saturated rings. The van der Waals surface area contributed by atoms with E-state index in [4.69, 9.17) is 0 Å². The molecule has 0 amide bonds. The van der Waals surface area contributed by atoms with Crippen LogP contribution in [0.15, 0.2) is 54.6 Å². The lowest BCUT2D eigenvalue weighted by molar-refractivity contribution is -0.912. The van der Waals surface area contributed by atoms with E-state index in [2.05, 4.69) is 19.9 Å². The second-order valence-electron chi connectivity index (χ2n) is 8.25. The van der Waals surface area contributed by atoms with E-state index in [0.29, 0.717) is 24.6 Å². The number of benzene rings is 2. The minimum absolute atomic E-state index is 0.0143. The van der Waals surface area contributed by atoms with Gasteiger partial charge in [-0.1, -0.05) is 56.3 Å². The van der Waals surface area contributed by atoms with Gasteiger partial charge < -0.3 is 15.1 Å². The lowest BCUT2D eigenvalue weighted by Crippen LogP contribution is -3.15. The highest BCUT2D eigenvalue weighted by molar-refractivity contribution is 5.70. The van der Waals surface area contributed by atoms with Crippen molar-refractivity contribution in [1.29, 1.82) is 0 Å². The third kappa shape index (κ3) is 4.51. The summed E-state index contributed by atoms with van der Waals surface area (Å²) in [6.45, 7) is 7.07. The van der Waals surface area contributed by atoms with E-state index < -0.39 is 5.97 Å². The summed E-state index contributed by atoms with van der Waals surface area (Å²) in [5.41, 5.74) is 2.27. The highest BCUT2D eigenvalue weighted by Gasteiger charge is 2.41. The van der Waals surface area contributed by atoms with Crippen LogP contribution < -0.4 is 4.90 Å². The second kappa shape index (κ2) is 8.13. The highest BCUT2D eigenvalue weighted by atomic mass is 16.4. The third-order valence-corrected chi connectivity index (χ3v) is 6.40. The fourth-order valence-electron chi connectivity index (χ4n) is 4.41. The van der Waals surface area contributed by atoms with E-state index in [9.17, 15) is 15.0 Å². The number of hydrogen-bond donors (Lipinski definition) is 3. The summed E-state index contributed by atoms with van der Waals surface area (Å²) < 4.78 is 0. The maximum Gasteiger partial charge on any atom is 0.312 e. The lowest BCUT2D eigenvalue weighted by Gasteiger charge is -2.43. The Hall–Kier alpha value is -2.33. The molecule has 3 rings (SSSR count). The fourth-order valence-corrected chi connectivity index (χ4v) is 4.41. The second-order valence-corrected chi connectivity index (χ2v) is 8.25. The van der Waals surface area contributed by atoms with Crippen molar-refractivity contribution in [1.82, 2.24) is 0 Å². The van der Waals surface area contributed by atoms with Gasteiger partial charge in [0.05, 0.1) is 19.6 Å². The molecular formula is C23H30NO3+. The van der Waals surface area contributed by atoms with Gasteiger partial charge in [0.2, 0.25) is 0 Å². The number of aromatic hydroxyl groups is 1. The Labute approximate surface area is 161 Å². The molecule has 0 saturated carbocycles. The van der Waals surface area contributed by atoms with E-state index in [1.54, 1.807) is 6.07 Å². The van der Waals surface area contributed by atoms with Crippen molar-refractivity contribution in [2.75, 3.05) is 19.6 Å². The molecule has 2 aromatic carbocycles. The summed E-state index contributed by atoms with van der Waals surface area (Å²) in [7, 11) is 0. The van der Waals surface area contributed by atoms with E-state index in [1.165, 1.54) is 10.5 Å². The van der Waals surface area contributed by atoms with Gasteiger partial charge in [0.15, 0.2) is 0 Å². The van der Waals surface area contributed by atoms with E-state index in [1.807, 2.05) is 42.5 Å². The zero-order valence-corrected chi connectivity index (χ0v) is 16.2.